The zero-order valence-electron chi connectivity index (χ0n) is 9.67. The summed E-state index contributed by atoms with van der Waals surface area (Å²) in [6, 6.07) is 0. The maximum Gasteiger partial charge on any atom is 0.0662 e. The van der Waals surface area contributed by atoms with Crippen molar-refractivity contribution in [3.63, 3.8) is 0 Å². The van der Waals surface area contributed by atoms with Crippen molar-refractivity contribution < 1.29 is 5.11 Å². The van der Waals surface area contributed by atoms with Crippen molar-refractivity contribution >= 4 is 0 Å². The SMILES string of the molecule is CCCCCCCCCCC(O)CN. The third-order valence-corrected chi connectivity index (χ3v) is 2.66. The molecule has 1 atom stereocenters. The lowest BCUT2D eigenvalue weighted by atomic mass is 10.1. The molecule has 0 aliphatic carbocycles. The Kier molecular flexibility index (Phi) is 10.9. The first-order valence-electron chi connectivity index (χ1n) is 6.19. The Hall–Kier alpha value is -0.0800. The molecule has 0 radical (unpaired) electrons. The molecule has 0 rings (SSSR count). The molecule has 0 aromatic rings. The summed E-state index contributed by atoms with van der Waals surface area (Å²) >= 11 is 0. The number of aliphatic hydroxyl groups excluding tert-OH is 1. The Balaban J connectivity index is 2.92. The first-order valence-corrected chi connectivity index (χ1v) is 6.19. The van der Waals surface area contributed by atoms with E-state index in [4.69, 9.17) is 5.73 Å². The predicted octanol–water partition coefficient (Wildman–Crippen LogP) is 2.84. The Labute approximate surface area is 88.9 Å². The summed E-state index contributed by atoms with van der Waals surface area (Å²) in [6.45, 7) is 2.66. The summed E-state index contributed by atoms with van der Waals surface area (Å²) in [5.41, 5.74) is 5.32. The summed E-state index contributed by atoms with van der Waals surface area (Å²) in [4.78, 5) is 0. The molecule has 0 saturated heterocycles. The molecule has 0 bridgehead atoms. The van der Waals surface area contributed by atoms with Crippen LogP contribution in [0.1, 0.15) is 64.7 Å². The zero-order chi connectivity index (χ0) is 10.6. The monoisotopic (exact) mass is 201 g/mol. The molecule has 0 fully saturated rings. The normalized spacial score (nSPS) is 13.1. The van der Waals surface area contributed by atoms with E-state index in [9.17, 15) is 5.11 Å². The fourth-order valence-electron chi connectivity index (χ4n) is 1.63. The van der Waals surface area contributed by atoms with Gasteiger partial charge in [0.15, 0.2) is 0 Å². The van der Waals surface area contributed by atoms with Crippen LogP contribution in [0.3, 0.4) is 0 Å². The molecule has 0 spiro atoms. The van der Waals surface area contributed by atoms with E-state index in [1.807, 2.05) is 0 Å². The third-order valence-electron chi connectivity index (χ3n) is 2.66. The topological polar surface area (TPSA) is 46.2 Å². The van der Waals surface area contributed by atoms with Gasteiger partial charge in [-0.25, -0.2) is 0 Å². The predicted molar refractivity (Wildman–Crippen MR) is 62.3 cm³/mol. The molecule has 0 saturated carbocycles. The summed E-state index contributed by atoms with van der Waals surface area (Å²) in [5, 5.41) is 9.21. The van der Waals surface area contributed by atoms with Gasteiger partial charge in [-0.2, -0.15) is 0 Å². The number of rotatable bonds is 10. The standard InChI is InChI=1S/C12H27NO/c1-2-3-4-5-6-7-8-9-10-12(14)11-13/h12,14H,2-11,13H2,1H3. The lowest BCUT2D eigenvalue weighted by Gasteiger charge is -2.06. The number of hydrogen-bond acceptors (Lipinski definition) is 2. The lowest BCUT2D eigenvalue weighted by molar-refractivity contribution is 0.168. The fraction of sp³-hybridized carbons (Fsp3) is 1.00. The zero-order valence-corrected chi connectivity index (χ0v) is 9.67. The van der Waals surface area contributed by atoms with Gasteiger partial charge >= 0.3 is 0 Å². The molecular weight excluding hydrogens is 174 g/mol. The van der Waals surface area contributed by atoms with E-state index in [-0.39, 0.29) is 6.10 Å². The van der Waals surface area contributed by atoms with Crippen LogP contribution in [0.4, 0.5) is 0 Å². The third kappa shape index (κ3) is 10.0. The van der Waals surface area contributed by atoms with Crippen LogP contribution in [0.5, 0.6) is 0 Å². The molecule has 3 N–H and O–H groups in total. The number of nitrogens with two attached hydrogens (primary N) is 1. The highest BCUT2D eigenvalue weighted by Crippen LogP contribution is 2.10. The van der Waals surface area contributed by atoms with Crippen LogP contribution in [0.15, 0.2) is 0 Å². The Morgan fingerprint density at radius 2 is 1.43 bits per heavy atom. The average molecular weight is 201 g/mol. The highest BCUT2D eigenvalue weighted by Gasteiger charge is 1.99. The number of aliphatic hydroxyl groups is 1. The molecule has 0 amide bonds. The van der Waals surface area contributed by atoms with Crippen molar-refractivity contribution in [2.45, 2.75) is 70.8 Å². The van der Waals surface area contributed by atoms with Crippen molar-refractivity contribution in [3.8, 4) is 0 Å². The molecular formula is C12H27NO. The lowest BCUT2D eigenvalue weighted by Crippen LogP contribution is -2.19. The van der Waals surface area contributed by atoms with Gasteiger partial charge in [0, 0.05) is 6.54 Å². The van der Waals surface area contributed by atoms with Gasteiger partial charge in [-0.15, -0.1) is 0 Å². The van der Waals surface area contributed by atoms with E-state index in [1.54, 1.807) is 0 Å². The molecule has 2 nitrogen and oxygen atoms in total. The molecule has 86 valence electrons. The minimum atomic E-state index is -0.268. The van der Waals surface area contributed by atoms with Crippen molar-refractivity contribution in [2.24, 2.45) is 5.73 Å². The number of unbranched alkanes of at least 4 members (excludes halogenated alkanes) is 7. The molecule has 0 aliphatic heterocycles. The van der Waals surface area contributed by atoms with E-state index in [2.05, 4.69) is 6.92 Å². The van der Waals surface area contributed by atoms with Gasteiger partial charge < -0.3 is 10.8 Å². The van der Waals surface area contributed by atoms with Gasteiger partial charge in [-0.05, 0) is 6.42 Å². The summed E-state index contributed by atoms with van der Waals surface area (Å²) < 4.78 is 0. The van der Waals surface area contributed by atoms with E-state index < -0.39 is 0 Å². The molecule has 14 heavy (non-hydrogen) atoms. The van der Waals surface area contributed by atoms with Crippen molar-refractivity contribution in [1.82, 2.24) is 0 Å². The van der Waals surface area contributed by atoms with E-state index in [0.29, 0.717) is 6.54 Å². The Bertz CT molecular complexity index is 106. The van der Waals surface area contributed by atoms with Crippen LogP contribution in [0.2, 0.25) is 0 Å². The van der Waals surface area contributed by atoms with Gasteiger partial charge in [-0.3, -0.25) is 0 Å². The largest absolute Gasteiger partial charge is 0.392 e. The second-order valence-corrected chi connectivity index (χ2v) is 4.15. The first kappa shape index (κ1) is 13.9. The quantitative estimate of drug-likeness (QED) is 0.534. The van der Waals surface area contributed by atoms with Crippen LogP contribution in [0, 0.1) is 0 Å². The minimum Gasteiger partial charge on any atom is -0.392 e. The second-order valence-electron chi connectivity index (χ2n) is 4.15. The average Bonchev–Trinajstić information content (AvgIpc) is 2.21. The van der Waals surface area contributed by atoms with Gasteiger partial charge in [0.25, 0.3) is 0 Å². The molecule has 0 aromatic carbocycles. The fourth-order valence-corrected chi connectivity index (χ4v) is 1.63. The maximum atomic E-state index is 9.21. The first-order chi connectivity index (χ1) is 6.81. The molecule has 0 aromatic heterocycles. The summed E-state index contributed by atoms with van der Waals surface area (Å²) in [7, 11) is 0. The van der Waals surface area contributed by atoms with Crippen LogP contribution < -0.4 is 5.73 Å². The smallest absolute Gasteiger partial charge is 0.0662 e. The van der Waals surface area contributed by atoms with Crippen molar-refractivity contribution in [1.29, 1.82) is 0 Å². The highest BCUT2D eigenvalue weighted by atomic mass is 16.3. The summed E-state index contributed by atoms with van der Waals surface area (Å²) in [5.74, 6) is 0. The maximum absolute atomic E-state index is 9.21. The van der Waals surface area contributed by atoms with Gasteiger partial charge in [-0.1, -0.05) is 58.3 Å². The van der Waals surface area contributed by atoms with Crippen LogP contribution in [-0.4, -0.2) is 17.8 Å². The minimum absolute atomic E-state index is 0.268. The number of hydrogen-bond donors (Lipinski definition) is 2. The Morgan fingerprint density at radius 3 is 1.93 bits per heavy atom. The van der Waals surface area contributed by atoms with Crippen LogP contribution >= 0.6 is 0 Å². The molecule has 1 unspecified atom stereocenters. The van der Waals surface area contributed by atoms with Crippen LogP contribution in [-0.2, 0) is 0 Å². The van der Waals surface area contributed by atoms with Crippen LogP contribution in [0.25, 0.3) is 0 Å². The second kappa shape index (κ2) is 11.0. The van der Waals surface area contributed by atoms with E-state index >= 15 is 0 Å². The summed E-state index contributed by atoms with van der Waals surface area (Å²) in [6.07, 6.45) is 11.2. The van der Waals surface area contributed by atoms with E-state index in [1.165, 1.54) is 44.9 Å². The highest BCUT2D eigenvalue weighted by molar-refractivity contribution is 4.55. The van der Waals surface area contributed by atoms with Crippen molar-refractivity contribution in [2.75, 3.05) is 6.54 Å². The molecule has 2 heteroatoms. The van der Waals surface area contributed by atoms with Gasteiger partial charge in [0.05, 0.1) is 6.10 Å². The van der Waals surface area contributed by atoms with E-state index in [0.717, 1.165) is 12.8 Å². The molecule has 0 aliphatic rings. The Morgan fingerprint density at radius 1 is 0.929 bits per heavy atom. The van der Waals surface area contributed by atoms with Gasteiger partial charge in [0.1, 0.15) is 0 Å². The molecule has 0 heterocycles. The van der Waals surface area contributed by atoms with Gasteiger partial charge in [0.2, 0.25) is 0 Å². The van der Waals surface area contributed by atoms with Crippen molar-refractivity contribution in [3.05, 3.63) is 0 Å².